The average Bonchev–Trinajstić information content (AvgIpc) is 3.14. The molecule has 0 atom stereocenters. The van der Waals surface area contributed by atoms with E-state index in [-0.39, 0.29) is 11.7 Å². The lowest BCUT2D eigenvalue weighted by molar-refractivity contribution is -0.116. The molecule has 0 saturated carbocycles. The first-order valence-corrected chi connectivity index (χ1v) is 10.8. The van der Waals surface area contributed by atoms with Gasteiger partial charge in [-0.1, -0.05) is 63.3 Å². The highest BCUT2D eigenvalue weighted by Gasteiger charge is 2.29. The SMILES string of the molecule is CCCCCCCCC(=O)Nc1cccc2c1C(=O)c1cccc3snc-2c13. The molecule has 0 spiro atoms. The second kappa shape index (κ2) is 8.23. The molecule has 0 saturated heterocycles. The molecule has 0 unspecified atom stereocenters. The number of ketones is 1. The van der Waals surface area contributed by atoms with E-state index in [9.17, 15) is 9.59 Å². The third-order valence-corrected chi connectivity index (χ3v) is 6.13. The van der Waals surface area contributed by atoms with Crippen LogP contribution in [0.3, 0.4) is 0 Å². The van der Waals surface area contributed by atoms with Gasteiger partial charge in [0, 0.05) is 22.9 Å². The number of amides is 1. The topological polar surface area (TPSA) is 59.1 Å². The number of aromatic nitrogens is 1. The van der Waals surface area contributed by atoms with E-state index < -0.39 is 0 Å². The van der Waals surface area contributed by atoms with E-state index in [2.05, 4.69) is 16.6 Å². The first kappa shape index (κ1) is 18.8. The fraction of sp³-hybridized carbons (Fsp3) is 0.348. The molecule has 28 heavy (non-hydrogen) atoms. The lowest BCUT2D eigenvalue weighted by Crippen LogP contribution is -2.17. The number of benzene rings is 2. The van der Waals surface area contributed by atoms with Gasteiger partial charge in [-0.2, -0.15) is 4.37 Å². The number of nitrogens with one attached hydrogen (secondary N) is 1. The Kier molecular flexibility index (Phi) is 5.53. The molecule has 0 aliphatic heterocycles. The van der Waals surface area contributed by atoms with E-state index in [4.69, 9.17) is 0 Å². The summed E-state index contributed by atoms with van der Waals surface area (Å²) < 4.78 is 5.60. The summed E-state index contributed by atoms with van der Waals surface area (Å²) in [6.07, 6.45) is 7.34. The molecule has 5 heteroatoms. The molecule has 1 amide bonds. The second-order valence-corrected chi connectivity index (χ2v) is 8.14. The molecule has 0 fully saturated rings. The van der Waals surface area contributed by atoms with Crippen molar-refractivity contribution in [1.82, 2.24) is 4.37 Å². The summed E-state index contributed by atoms with van der Waals surface area (Å²) in [5, 5.41) is 3.90. The van der Waals surface area contributed by atoms with Gasteiger partial charge in [0.05, 0.1) is 21.6 Å². The molecule has 4 nitrogen and oxygen atoms in total. The van der Waals surface area contributed by atoms with E-state index in [0.717, 1.165) is 34.2 Å². The van der Waals surface area contributed by atoms with Gasteiger partial charge in [-0.05, 0) is 30.1 Å². The van der Waals surface area contributed by atoms with Crippen molar-refractivity contribution in [2.75, 3.05) is 5.32 Å². The Morgan fingerprint density at radius 2 is 1.75 bits per heavy atom. The maximum Gasteiger partial charge on any atom is 0.224 e. The summed E-state index contributed by atoms with van der Waals surface area (Å²) in [4.78, 5) is 25.6. The predicted octanol–water partition coefficient (Wildman–Crippen LogP) is 6.20. The van der Waals surface area contributed by atoms with Crippen LogP contribution in [0.25, 0.3) is 21.3 Å². The maximum absolute atomic E-state index is 13.2. The quantitative estimate of drug-likeness (QED) is 0.363. The van der Waals surface area contributed by atoms with Gasteiger partial charge in [-0.15, -0.1) is 0 Å². The largest absolute Gasteiger partial charge is 0.325 e. The third kappa shape index (κ3) is 3.47. The van der Waals surface area contributed by atoms with Crippen LogP contribution >= 0.6 is 11.5 Å². The highest BCUT2D eigenvalue weighted by atomic mass is 32.1. The minimum atomic E-state index is -0.0382. The summed E-state index contributed by atoms with van der Waals surface area (Å²) in [6, 6.07) is 11.3. The number of unbranched alkanes of at least 4 members (excludes halogenated alkanes) is 5. The molecule has 1 aliphatic carbocycles. The molecule has 0 radical (unpaired) electrons. The highest BCUT2D eigenvalue weighted by Crippen LogP contribution is 2.42. The molecule has 1 heterocycles. The minimum absolute atomic E-state index is 0.0287. The summed E-state index contributed by atoms with van der Waals surface area (Å²) in [7, 11) is 0. The van der Waals surface area contributed by atoms with Crippen LogP contribution in [0.2, 0.25) is 0 Å². The molecule has 2 aromatic carbocycles. The van der Waals surface area contributed by atoms with Crippen molar-refractivity contribution >= 4 is 39.0 Å². The van der Waals surface area contributed by atoms with Gasteiger partial charge < -0.3 is 5.32 Å². The molecule has 3 aromatic rings. The number of anilines is 1. The van der Waals surface area contributed by atoms with Crippen molar-refractivity contribution in [1.29, 1.82) is 0 Å². The minimum Gasteiger partial charge on any atom is -0.325 e. The van der Waals surface area contributed by atoms with E-state index >= 15 is 0 Å². The number of nitrogens with zero attached hydrogens (tertiary/aromatic N) is 1. The number of hydrogen-bond donors (Lipinski definition) is 1. The normalized spacial score (nSPS) is 12.2. The maximum atomic E-state index is 13.2. The van der Waals surface area contributed by atoms with Crippen LogP contribution in [-0.2, 0) is 4.79 Å². The van der Waals surface area contributed by atoms with Gasteiger partial charge in [0.2, 0.25) is 5.91 Å². The average molecular weight is 393 g/mol. The summed E-state index contributed by atoms with van der Waals surface area (Å²) in [6.45, 7) is 2.20. The number of carbonyl (C=O) groups excluding carboxylic acids is 2. The number of rotatable bonds is 8. The molecular formula is C23H24N2O2S. The van der Waals surface area contributed by atoms with E-state index in [1.165, 1.54) is 37.2 Å². The molecule has 1 aliphatic rings. The van der Waals surface area contributed by atoms with Crippen molar-refractivity contribution in [3.05, 3.63) is 47.5 Å². The predicted molar refractivity (Wildman–Crippen MR) is 115 cm³/mol. The Morgan fingerprint density at radius 3 is 2.61 bits per heavy atom. The molecule has 1 N–H and O–H groups in total. The Bertz CT molecular complexity index is 1040. The van der Waals surface area contributed by atoms with Crippen LogP contribution in [0.15, 0.2) is 36.4 Å². The molecule has 4 rings (SSSR count). The van der Waals surface area contributed by atoms with Crippen LogP contribution in [0.1, 0.15) is 67.8 Å². The number of carbonyl (C=O) groups is 2. The Morgan fingerprint density at radius 1 is 1.00 bits per heavy atom. The zero-order valence-electron chi connectivity index (χ0n) is 16.1. The summed E-state index contributed by atoms with van der Waals surface area (Å²) in [5.74, 6) is -0.0669. The zero-order chi connectivity index (χ0) is 19.5. The molecular weight excluding hydrogens is 368 g/mol. The van der Waals surface area contributed by atoms with Crippen LogP contribution in [0, 0.1) is 0 Å². The Balaban J connectivity index is 1.53. The van der Waals surface area contributed by atoms with Crippen molar-refractivity contribution < 1.29 is 9.59 Å². The lowest BCUT2D eigenvalue weighted by atomic mass is 9.86. The van der Waals surface area contributed by atoms with Crippen LogP contribution < -0.4 is 5.32 Å². The van der Waals surface area contributed by atoms with Gasteiger partial charge in [-0.3, -0.25) is 9.59 Å². The first-order valence-electron chi connectivity index (χ1n) is 10.1. The van der Waals surface area contributed by atoms with Crippen molar-refractivity contribution in [2.45, 2.75) is 51.9 Å². The van der Waals surface area contributed by atoms with Crippen LogP contribution in [0.4, 0.5) is 5.69 Å². The Hall–Kier alpha value is -2.53. The number of hydrogen-bond acceptors (Lipinski definition) is 4. The van der Waals surface area contributed by atoms with Gasteiger partial charge in [-0.25, -0.2) is 0 Å². The fourth-order valence-electron chi connectivity index (χ4n) is 3.88. The first-order chi connectivity index (χ1) is 13.7. The van der Waals surface area contributed by atoms with E-state index in [1.807, 2.05) is 36.4 Å². The van der Waals surface area contributed by atoms with Gasteiger partial charge >= 0.3 is 0 Å². The summed E-state index contributed by atoms with van der Waals surface area (Å²) >= 11 is 1.41. The van der Waals surface area contributed by atoms with Crippen LogP contribution in [-0.4, -0.2) is 16.1 Å². The van der Waals surface area contributed by atoms with Gasteiger partial charge in [0.25, 0.3) is 0 Å². The van der Waals surface area contributed by atoms with Crippen LogP contribution in [0.5, 0.6) is 0 Å². The smallest absolute Gasteiger partial charge is 0.224 e. The fourth-order valence-corrected chi connectivity index (χ4v) is 4.69. The molecule has 1 aromatic heterocycles. The number of fused-ring (bicyclic) bond motifs is 2. The molecule has 0 bridgehead atoms. The summed E-state index contributed by atoms with van der Waals surface area (Å²) in [5.41, 5.74) is 3.48. The van der Waals surface area contributed by atoms with Crippen molar-refractivity contribution in [3.63, 3.8) is 0 Å². The van der Waals surface area contributed by atoms with Gasteiger partial charge in [0.15, 0.2) is 5.78 Å². The Labute approximate surface area is 169 Å². The van der Waals surface area contributed by atoms with Gasteiger partial charge in [0.1, 0.15) is 0 Å². The highest BCUT2D eigenvalue weighted by molar-refractivity contribution is 7.13. The van der Waals surface area contributed by atoms with E-state index in [1.54, 1.807) is 0 Å². The van der Waals surface area contributed by atoms with E-state index in [0.29, 0.717) is 23.2 Å². The monoisotopic (exact) mass is 392 g/mol. The standard InChI is InChI=1S/C23H24N2O2S/c1-2-3-4-5-6-7-14-19(26)24-17-12-8-10-15-20(17)23(27)16-11-9-13-18-21(16)22(15)25-28-18/h8-13H,2-7,14H2,1H3,(H,24,26). The second-order valence-electron chi connectivity index (χ2n) is 7.33. The van der Waals surface area contributed by atoms with Crippen molar-refractivity contribution in [2.24, 2.45) is 0 Å². The zero-order valence-corrected chi connectivity index (χ0v) is 16.9. The molecule has 144 valence electrons. The third-order valence-electron chi connectivity index (χ3n) is 5.32. The van der Waals surface area contributed by atoms with Crippen molar-refractivity contribution in [3.8, 4) is 11.3 Å². The lowest BCUT2D eigenvalue weighted by Gasteiger charge is -2.18.